The van der Waals surface area contributed by atoms with Crippen LogP contribution in [0.4, 0.5) is 4.39 Å². The number of likely N-dealkylation sites (tertiary alicyclic amines) is 1. The molecule has 0 saturated carbocycles. The summed E-state index contributed by atoms with van der Waals surface area (Å²) >= 11 is 0. The fourth-order valence-corrected chi connectivity index (χ4v) is 3.93. The number of amides is 1. The number of piperidine rings is 1. The molecule has 0 bridgehead atoms. The molecular weight excluding hydrogens is 317 g/mol. The number of carbonyl (C=O) groups is 1. The summed E-state index contributed by atoms with van der Waals surface area (Å²) < 4.78 is 15.2. The zero-order valence-electron chi connectivity index (χ0n) is 14.6. The van der Waals surface area contributed by atoms with Crippen LogP contribution in [0, 0.1) is 11.7 Å². The van der Waals surface area contributed by atoms with Crippen molar-refractivity contribution in [3.63, 3.8) is 0 Å². The van der Waals surface area contributed by atoms with Crippen molar-refractivity contribution >= 4 is 5.91 Å². The highest BCUT2D eigenvalue weighted by Gasteiger charge is 2.27. The predicted molar refractivity (Wildman–Crippen MR) is 94.0 cm³/mol. The van der Waals surface area contributed by atoms with Crippen molar-refractivity contribution in [2.24, 2.45) is 5.92 Å². The summed E-state index contributed by atoms with van der Waals surface area (Å²) in [5.74, 6) is 1.91. The Morgan fingerprint density at radius 1 is 1.16 bits per heavy atom. The molecule has 0 spiro atoms. The number of imidazole rings is 1. The average Bonchev–Trinajstić information content (AvgIpc) is 3.05. The van der Waals surface area contributed by atoms with Gasteiger partial charge in [-0.1, -0.05) is 19.1 Å². The molecule has 1 aromatic carbocycles. The second kappa shape index (κ2) is 6.62. The molecule has 2 aromatic rings. The van der Waals surface area contributed by atoms with E-state index in [2.05, 4.69) is 16.5 Å². The number of aryl methyl sites for hydroxylation is 1. The predicted octanol–water partition coefficient (Wildman–Crippen LogP) is 3.62. The number of benzene rings is 1. The van der Waals surface area contributed by atoms with E-state index in [0.717, 1.165) is 56.7 Å². The second-order valence-electron chi connectivity index (χ2n) is 7.46. The van der Waals surface area contributed by atoms with Crippen LogP contribution in [-0.4, -0.2) is 33.4 Å². The third-order valence-electron chi connectivity index (χ3n) is 5.62. The molecule has 5 heteroatoms. The smallest absolute Gasteiger partial charge is 0.274 e. The Morgan fingerprint density at radius 3 is 2.60 bits per heavy atom. The van der Waals surface area contributed by atoms with Crippen LogP contribution in [0.2, 0.25) is 0 Å². The molecule has 1 aromatic heterocycles. The fraction of sp³-hybridized carbons (Fsp3) is 0.500. The third kappa shape index (κ3) is 3.32. The van der Waals surface area contributed by atoms with Gasteiger partial charge in [-0.2, -0.15) is 0 Å². The minimum Gasteiger partial charge on any atom is -0.337 e. The Bertz CT molecular complexity index is 760. The van der Waals surface area contributed by atoms with E-state index in [1.165, 1.54) is 12.1 Å². The highest BCUT2D eigenvalue weighted by Crippen LogP contribution is 2.29. The molecule has 2 aliphatic rings. The molecule has 1 atom stereocenters. The first-order chi connectivity index (χ1) is 12.1. The van der Waals surface area contributed by atoms with E-state index in [9.17, 15) is 9.18 Å². The Kier molecular flexibility index (Phi) is 4.32. The maximum atomic E-state index is 13.1. The van der Waals surface area contributed by atoms with E-state index in [1.807, 2.05) is 23.2 Å². The zero-order chi connectivity index (χ0) is 17.4. The van der Waals surface area contributed by atoms with Crippen molar-refractivity contribution in [1.82, 2.24) is 14.5 Å². The van der Waals surface area contributed by atoms with Crippen molar-refractivity contribution in [1.29, 1.82) is 0 Å². The average molecular weight is 341 g/mol. The van der Waals surface area contributed by atoms with E-state index in [4.69, 9.17) is 0 Å². The van der Waals surface area contributed by atoms with Crippen LogP contribution in [0.1, 0.15) is 54.0 Å². The van der Waals surface area contributed by atoms with Crippen LogP contribution >= 0.6 is 0 Å². The molecule has 0 aliphatic carbocycles. The highest BCUT2D eigenvalue weighted by molar-refractivity contribution is 5.92. The van der Waals surface area contributed by atoms with Gasteiger partial charge in [0.15, 0.2) is 0 Å². The second-order valence-corrected chi connectivity index (χ2v) is 7.46. The van der Waals surface area contributed by atoms with Gasteiger partial charge in [-0.15, -0.1) is 0 Å². The molecule has 1 amide bonds. The summed E-state index contributed by atoms with van der Waals surface area (Å²) in [6.07, 6.45) is 5.90. The Labute approximate surface area is 147 Å². The summed E-state index contributed by atoms with van der Waals surface area (Å²) in [6.45, 7) is 4.71. The molecule has 0 N–H and O–H groups in total. The van der Waals surface area contributed by atoms with Gasteiger partial charge in [-0.3, -0.25) is 4.79 Å². The Morgan fingerprint density at radius 2 is 1.88 bits per heavy atom. The van der Waals surface area contributed by atoms with Crippen molar-refractivity contribution < 1.29 is 9.18 Å². The molecular formula is C20H24FN3O. The molecule has 1 fully saturated rings. The normalized spacial score (nSPS) is 21.2. The van der Waals surface area contributed by atoms with Gasteiger partial charge in [0.1, 0.15) is 17.3 Å². The largest absolute Gasteiger partial charge is 0.337 e. The standard InChI is InChI=1S/C20H24FN3O/c1-14-8-10-23(11-9-14)20(25)18-13-24-12-16(4-7-19(24)22-18)15-2-5-17(21)6-3-15/h2-3,5-6,13-14,16H,4,7-12H2,1H3/t16-/m1/s1. The lowest BCUT2D eigenvalue weighted by atomic mass is 9.91. The van der Waals surface area contributed by atoms with Crippen LogP contribution in [0.3, 0.4) is 0 Å². The van der Waals surface area contributed by atoms with Crippen molar-refractivity contribution in [2.75, 3.05) is 13.1 Å². The fourth-order valence-electron chi connectivity index (χ4n) is 3.93. The summed E-state index contributed by atoms with van der Waals surface area (Å²) in [5.41, 5.74) is 1.72. The summed E-state index contributed by atoms with van der Waals surface area (Å²) in [4.78, 5) is 19.3. The van der Waals surface area contributed by atoms with Crippen molar-refractivity contribution in [3.05, 3.63) is 53.4 Å². The Hall–Kier alpha value is -2.17. The Balaban J connectivity index is 1.48. The van der Waals surface area contributed by atoms with E-state index >= 15 is 0 Å². The minimum absolute atomic E-state index is 0.0622. The van der Waals surface area contributed by atoms with Crippen LogP contribution in [0.25, 0.3) is 0 Å². The molecule has 2 aliphatic heterocycles. The number of fused-ring (bicyclic) bond motifs is 1. The van der Waals surface area contributed by atoms with Gasteiger partial charge in [0.05, 0.1) is 0 Å². The first kappa shape index (κ1) is 16.3. The minimum atomic E-state index is -0.202. The van der Waals surface area contributed by atoms with Crippen LogP contribution in [0.15, 0.2) is 30.5 Å². The van der Waals surface area contributed by atoms with Gasteiger partial charge >= 0.3 is 0 Å². The number of hydrogen-bond acceptors (Lipinski definition) is 2. The van der Waals surface area contributed by atoms with Gasteiger partial charge in [-0.25, -0.2) is 9.37 Å². The zero-order valence-corrected chi connectivity index (χ0v) is 14.6. The van der Waals surface area contributed by atoms with E-state index in [-0.39, 0.29) is 11.7 Å². The summed E-state index contributed by atoms with van der Waals surface area (Å²) in [5, 5.41) is 0. The maximum Gasteiger partial charge on any atom is 0.274 e. The maximum absolute atomic E-state index is 13.1. The molecule has 0 unspecified atom stereocenters. The topological polar surface area (TPSA) is 38.1 Å². The van der Waals surface area contributed by atoms with E-state index in [1.54, 1.807) is 0 Å². The summed E-state index contributed by atoms with van der Waals surface area (Å²) in [7, 11) is 0. The van der Waals surface area contributed by atoms with Crippen LogP contribution < -0.4 is 0 Å². The molecule has 0 radical (unpaired) electrons. The molecule has 4 nitrogen and oxygen atoms in total. The number of rotatable bonds is 2. The van der Waals surface area contributed by atoms with Gasteiger partial charge in [0.2, 0.25) is 0 Å². The first-order valence-corrected chi connectivity index (χ1v) is 9.21. The highest BCUT2D eigenvalue weighted by atomic mass is 19.1. The monoisotopic (exact) mass is 341 g/mol. The summed E-state index contributed by atoms with van der Waals surface area (Å²) in [6, 6.07) is 6.77. The lowest BCUT2D eigenvalue weighted by Crippen LogP contribution is -2.38. The van der Waals surface area contributed by atoms with E-state index < -0.39 is 0 Å². The van der Waals surface area contributed by atoms with Crippen molar-refractivity contribution in [3.8, 4) is 0 Å². The molecule has 3 heterocycles. The van der Waals surface area contributed by atoms with Gasteiger partial charge in [-0.05, 0) is 42.9 Å². The van der Waals surface area contributed by atoms with Crippen LogP contribution in [0.5, 0.6) is 0 Å². The number of hydrogen-bond donors (Lipinski definition) is 0. The lowest BCUT2D eigenvalue weighted by molar-refractivity contribution is 0.0691. The van der Waals surface area contributed by atoms with Crippen LogP contribution in [-0.2, 0) is 13.0 Å². The molecule has 132 valence electrons. The van der Waals surface area contributed by atoms with Gasteiger partial charge in [0, 0.05) is 38.2 Å². The molecule has 4 rings (SSSR count). The first-order valence-electron chi connectivity index (χ1n) is 9.21. The lowest BCUT2D eigenvalue weighted by Gasteiger charge is -2.29. The van der Waals surface area contributed by atoms with Gasteiger partial charge in [0.25, 0.3) is 5.91 Å². The number of nitrogens with zero attached hydrogens (tertiary/aromatic N) is 3. The number of halogens is 1. The third-order valence-corrected chi connectivity index (χ3v) is 5.62. The van der Waals surface area contributed by atoms with E-state index in [0.29, 0.717) is 17.5 Å². The SMILES string of the molecule is CC1CCN(C(=O)c2cn3c(n2)CC[C@@H](c2ccc(F)cc2)C3)CC1. The van der Waals surface area contributed by atoms with Gasteiger partial charge < -0.3 is 9.47 Å². The number of carbonyl (C=O) groups excluding carboxylic acids is 1. The molecule has 1 saturated heterocycles. The number of aromatic nitrogens is 2. The molecule has 25 heavy (non-hydrogen) atoms. The van der Waals surface area contributed by atoms with Crippen molar-refractivity contribution in [2.45, 2.75) is 45.1 Å². The quantitative estimate of drug-likeness (QED) is 0.837.